The van der Waals surface area contributed by atoms with E-state index in [1.807, 2.05) is 0 Å². The largest absolute Gasteiger partial charge is 0.480 e. The van der Waals surface area contributed by atoms with E-state index in [0.29, 0.717) is 17.2 Å². The molecule has 0 saturated heterocycles. The minimum Gasteiger partial charge on any atom is -0.480 e. The Balaban J connectivity index is 1.84. The molecule has 94 valence electrons. The van der Waals surface area contributed by atoms with Gasteiger partial charge in [-0.05, 0) is 25.2 Å². The first kappa shape index (κ1) is 12.4. The number of methoxy groups -OCH3 is 1. The van der Waals surface area contributed by atoms with Crippen LogP contribution in [0.15, 0.2) is 12.4 Å². The highest BCUT2D eigenvalue weighted by Gasteiger charge is 2.19. The molecule has 1 aromatic rings. The number of hydrogen-bond donors (Lipinski definition) is 1. The van der Waals surface area contributed by atoms with Crippen molar-refractivity contribution >= 4 is 17.4 Å². The van der Waals surface area contributed by atoms with Gasteiger partial charge < -0.3 is 10.1 Å². The fraction of sp³-hybridized carbons (Fsp3) is 0.667. The van der Waals surface area contributed by atoms with E-state index in [9.17, 15) is 0 Å². The lowest BCUT2D eigenvalue weighted by molar-refractivity contribution is 0.377. The van der Waals surface area contributed by atoms with E-state index in [2.05, 4.69) is 15.3 Å². The summed E-state index contributed by atoms with van der Waals surface area (Å²) < 4.78 is 5.03. The number of alkyl halides is 1. The molecule has 1 aliphatic rings. The minimum absolute atomic E-state index is 0.340. The van der Waals surface area contributed by atoms with Crippen molar-refractivity contribution in [2.24, 2.45) is 5.92 Å². The summed E-state index contributed by atoms with van der Waals surface area (Å²) >= 11 is 6.17. The van der Waals surface area contributed by atoms with Crippen molar-refractivity contribution < 1.29 is 4.74 Å². The number of halogens is 1. The quantitative estimate of drug-likeness (QED) is 0.841. The summed E-state index contributed by atoms with van der Waals surface area (Å²) in [6.07, 6.45) is 8.02. The third-order valence-corrected chi connectivity index (χ3v) is 3.51. The van der Waals surface area contributed by atoms with Crippen LogP contribution in [0.1, 0.15) is 25.7 Å². The van der Waals surface area contributed by atoms with Crippen molar-refractivity contribution in [3.63, 3.8) is 0 Å². The predicted octanol–water partition coefficient (Wildman–Crippen LogP) is 2.69. The van der Waals surface area contributed by atoms with Gasteiger partial charge in [0.25, 0.3) is 0 Å². The highest BCUT2D eigenvalue weighted by molar-refractivity contribution is 6.20. The van der Waals surface area contributed by atoms with E-state index in [-0.39, 0.29) is 0 Å². The highest BCUT2D eigenvalue weighted by atomic mass is 35.5. The van der Waals surface area contributed by atoms with Gasteiger partial charge in [0, 0.05) is 11.9 Å². The van der Waals surface area contributed by atoms with E-state index in [1.54, 1.807) is 19.5 Å². The van der Waals surface area contributed by atoms with Gasteiger partial charge >= 0.3 is 0 Å². The van der Waals surface area contributed by atoms with Gasteiger partial charge in [0.05, 0.1) is 19.5 Å². The van der Waals surface area contributed by atoms with Crippen LogP contribution < -0.4 is 10.1 Å². The van der Waals surface area contributed by atoms with Crippen LogP contribution in [0.2, 0.25) is 0 Å². The molecule has 4 nitrogen and oxygen atoms in total. The van der Waals surface area contributed by atoms with Gasteiger partial charge in [0.15, 0.2) is 0 Å². The molecule has 0 bridgehead atoms. The molecule has 2 unspecified atom stereocenters. The lowest BCUT2D eigenvalue weighted by Crippen LogP contribution is -2.22. The standard InChI is InChI=1S/C12H18ClN3O/c1-17-12-8-14-7-11(16-12)15-6-9-3-2-4-10(13)5-9/h7-10H,2-6H2,1H3,(H,15,16). The normalized spacial score (nSPS) is 24.4. The molecule has 5 heteroatoms. The zero-order valence-electron chi connectivity index (χ0n) is 10.0. The second-order valence-electron chi connectivity index (χ2n) is 4.46. The van der Waals surface area contributed by atoms with Crippen LogP contribution in [0.4, 0.5) is 5.82 Å². The minimum atomic E-state index is 0.340. The monoisotopic (exact) mass is 255 g/mol. The van der Waals surface area contributed by atoms with Crippen LogP contribution in [0.3, 0.4) is 0 Å². The number of hydrogen-bond acceptors (Lipinski definition) is 4. The molecule has 1 saturated carbocycles. The first-order valence-electron chi connectivity index (χ1n) is 6.02. The first-order valence-corrected chi connectivity index (χ1v) is 6.45. The molecule has 1 fully saturated rings. The number of nitrogens with zero attached hydrogens (tertiary/aromatic N) is 2. The molecule has 1 aromatic heterocycles. The predicted molar refractivity (Wildman–Crippen MR) is 68.7 cm³/mol. The molecule has 0 aliphatic heterocycles. The Kier molecular flexibility index (Phi) is 4.42. The molecule has 1 N–H and O–H groups in total. The number of anilines is 1. The van der Waals surface area contributed by atoms with Crippen molar-refractivity contribution in [3.05, 3.63) is 12.4 Å². The van der Waals surface area contributed by atoms with Gasteiger partial charge in [-0.1, -0.05) is 6.42 Å². The Morgan fingerprint density at radius 3 is 3.12 bits per heavy atom. The number of nitrogens with one attached hydrogen (secondary N) is 1. The SMILES string of the molecule is COc1cncc(NCC2CCCC(Cl)C2)n1. The van der Waals surface area contributed by atoms with Crippen molar-refractivity contribution in [2.75, 3.05) is 19.0 Å². The fourth-order valence-corrected chi connectivity index (χ4v) is 2.60. The number of rotatable bonds is 4. The lowest BCUT2D eigenvalue weighted by atomic mass is 9.89. The van der Waals surface area contributed by atoms with Crippen molar-refractivity contribution in [1.29, 1.82) is 0 Å². The maximum atomic E-state index is 6.17. The fourth-order valence-electron chi connectivity index (χ4n) is 2.19. The Bertz CT molecular complexity index is 361. The van der Waals surface area contributed by atoms with Gasteiger partial charge in [-0.2, -0.15) is 4.98 Å². The van der Waals surface area contributed by atoms with Crippen LogP contribution in [-0.2, 0) is 0 Å². The van der Waals surface area contributed by atoms with Gasteiger partial charge in [-0.15, -0.1) is 11.6 Å². The average Bonchev–Trinajstić information content (AvgIpc) is 2.37. The number of ether oxygens (including phenoxy) is 1. The van der Waals surface area contributed by atoms with Crippen molar-refractivity contribution in [1.82, 2.24) is 9.97 Å². The summed E-state index contributed by atoms with van der Waals surface area (Å²) in [7, 11) is 1.59. The number of aromatic nitrogens is 2. The maximum absolute atomic E-state index is 6.17. The van der Waals surface area contributed by atoms with Crippen LogP contribution >= 0.6 is 11.6 Å². The van der Waals surface area contributed by atoms with E-state index in [4.69, 9.17) is 16.3 Å². The average molecular weight is 256 g/mol. The Labute approximate surface area is 107 Å². The van der Waals surface area contributed by atoms with E-state index in [1.165, 1.54) is 12.8 Å². The smallest absolute Gasteiger partial charge is 0.233 e. The molecule has 0 radical (unpaired) electrons. The van der Waals surface area contributed by atoms with Gasteiger partial charge in [-0.3, -0.25) is 4.98 Å². The summed E-state index contributed by atoms with van der Waals surface area (Å²) in [5, 5.41) is 3.64. The Morgan fingerprint density at radius 1 is 1.47 bits per heavy atom. The Hall–Kier alpha value is -1.03. The maximum Gasteiger partial charge on any atom is 0.233 e. The van der Waals surface area contributed by atoms with Crippen molar-refractivity contribution in [3.8, 4) is 5.88 Å². The molecule has 0 amide bonds. The molecule has 1 aliphatic carbocycles. The zero-order valence-corrected chi connectivity index (χ0v) is 10.8. The first-order chi connectivity index (χ1) is 8.28. The van der Waals surface area contributed by atoms with Crippen molar-refractivity contribution in [2.45, 2.75) is 31.1 Å². The lowest BCUT2D eigenvalue weighted by Gasteiger charge is -2.25. The molecule has 2 rings (SSSR count). The molecule has 0 spiro atoms. The zero-order chi connectivity index (χ0) is 12.1. The van der Waals surface area contributed by atoms with Crippen LogP contribution in [-0.4, -0.2) is 29.0 Å². The van der Waals surface area contributed by atoms with Crippen LogP contribution in [0.25, 0.3) is 0 Å². The summed E-state index contributed by atoms with van der Waals surface area (Å²) in [4.78, 5) is 8.32. The second-order valence-corrected chi connectivity index (χ2v) is 5.07. The topological polar surface area (TPSA) is 47.0 Å². The molecule has 17 heavy (non-hydrogen) atoms. The molecule has 0 aromatic carbocycles. The van der Waals surface area contributed by atoms with E-state index < -0.39 is 0 Å². The Morgan fingerprint density at radius 2 is 2.35 bits per heavy atom. The highest BCUT2D eigenvalue weighted by Crippen LogP contribution is 2.27. The van der Waals surface area contributed by atoms with Crippen LogP contribution in [0.5, 0.6) is 5.88 Å². The second kappa shape index (κ2) is 6.05. The molecular formula is C12H18ClN3O. The summed E-state index contributed by atoms with van der Waals surface area (Å²) in [5.41, 5.74) is 0. The molecule has 2 atom stereocenters. The van der Waals surface area contributed by atoms with E-state index >= 15 is 0 Å². The van der Waals surface area contributed by atoms with Gasteiger partial charge in [0.1, 0.15) is 5.82 Å². The molecule has 1 heterocycles. The van der Waals surface area contributed by atoms with E-state index in [0.717, 1.165) is 25.2 Å². The third kappa shape index (κ3) is 3.73. The van der Waals surface area contributed by atoms with Gasteiger partial charge in [0.2, 0.25) is 5.88 Å². The molecular weight excluding hydrogens is 238 g/mol. The summed E-state index contributed by atoms with van der Waals surface area (Å²) in [6.45, 7) is 0.908. The third-order valence-electron chi connectivity index (χ3n) is 3.11. The van der Waals surface area contributed by atoms with Crippen LogP contribution in [0, 0.1) is 5.92 Å². The summed E-state index contributed by atoms with van der Waals surface area (Å²) in [6, 6.07) is 0. The van der Waals surface area contributed by atoms with Gasteiger partial charge in [-0.25, -0.2) is 0 Å². The summed E-state index contributed by atoms with van der Waals surface area (Å²) in [5.74, 6) is 1.94.